The minimum absolute atomic E-state index is 0.230. The maximum absolute atomic E-state index is 12.3. The molecule has 1 aliphatic heterocycles. The van der Waals surface area contributed by atoms with Gasteiger partial charge >= 0.3 is 6.09 Å². The molecular weight excluding hydrogens is 284 g/mol. The summed E-state index contributed by atoms with van der Waals surface area (Å²) in [5, 5.41) is 4.22. The summed E-state index contributed by atoms with van der Waals surface area (Å²) >= 11 is 2.05. The lowest BCUT2D eigenvalue weighted by Gasteiger charge is -2.37. The van der Waals surface area contributed by atoms with Crippen LogP contribution in [0.3, 0.4) is 0 Å². The van der Waals surface area contributed by atoms with Crippen molar-refractivity contribution in [1.82, 2.24) is 10.2 Å². The Kier molecular flexibility index (Phi) is 6.85. The number of amides is 1. The molecule has 0 spiro atoms. The lowest BCUT2D eigenvalue weighted by Crippen LogP contribution is -2.50. The average molecular weight is 317 g/mol. The first-order valence-corrected chi connectivity index (χ1v) is 8.97. The van der Waals surface area contributed by atoms with Crippen molar-refractivity contribution in [2.24, 2.45) is 0 Å². The first-order valence-electron chi connectivity index (χ1n) is 7.92. The van der Waals surface area contributed by atoms with Gasteiger partial charge in [-0.3, -0.25) is 0 Å². The maximum Gasteiger partial charge on any atom is 0.410 e. The molecule has 1 atom stereocenters. The molecule has 1 unspecified atom stereocenters. The predicted molar refractivity (Wildman–Crippen MR) is 91.0 cm³/mol. The number of ether oxygens (including phenoxy) is 1. The first-order chi connectivity index (χ1) is 9.59. The average Bonchev–Trinajstić information content (AvgIpc) is 2.77. The predicted octanol–water partition coefficient (Wildman–Crippen LogP) is 3.51. The van der Waals surface area contributed by atoms with Crippen molar-refractivity contribution in [1.29, 1.82) is 0 Å². The molecule has 21 heavy (non-hydrogen) atoms. The molecule has 0 aromatic carbocycles. The molecule has 1 heterocycles. The van der Waals surface area contributed by atoms with E-state index in [1.54, 1.807) is 0 Å². The SMILES string of the molecule is CC(C)(C)OC(=O)N(CCNCC1CCCS1)C(C)(C)C. The fraction of sp³-hybridized carbons (Fsp3) is 0.938. The summed E-state index contributed by atoms with van der Waals surface area (Å²) in [5.74, 6) is 1.29. The molecule has 1 N–H and O–H groups in total. The molecule has 0 radical (unpaired) electrons. The molecule has 4 nitrogen and oxygen atoms in total. The Morgan fingerprint density at radius 1 is 1.29 bits per heavy atom. The smallest absolute Gasteiger partial charge is 0.410 e. The van der Waals surface area contributed by atoms with Crippen molar-refractivity contribution in [3.63, 3.8) is 0 Å². The normalized spacial score (nSPS) is 19.6. The Labute approximate surface area is 134 Å². The zero-order valence-corrected chi connectivity index (χ0v) is 15.3. The van der Waals surface area contributed by atoms with Crippen LogP contribution in [0, 0.1) is 0 Å². The van der Waals surface area contributed by atoms with Crippen LogP contribution in [0.5, 0.6) is 0 Å². The zero-order chi connectivity index (χ0) is 16.1. The van der Waals surface area contributed by atoms with Gasteiger partial charge in [0.15, 0.2) is 0 Å². The second kappa shape index (κ2) is 7.73. The Balaban J connectivity index is 2.41. The van der Waals surface area contributed by atoms with Crippen LogP contribution in [-0.2, 0) is 4.74 Å². The van der Waals surface area contributed by atoms with Crippen molar-refractivity contribution >= 4 is 17.9 Å². The molecule has 0 aliphatic carbocycles. The van der Waals surface area contributed by atoms with E-state index in [1.165, 1.54) is 18.6 Å². The fourth-order valence-corrected chi connectivity index (χ4v) is 3.51. The number of rotatable bonds is 5. The summed E-state index contributed by atoms with van der Waals surface area (Å²) in [6.07, 6.45) is 2.42. The summed E-state index contributed by atoms with van der Waals surface area (Å²) in [6.45, 7) is 14.4. The molecule has 1 fully saturated rings. The third-order valence-corrected chi connectivity index (χ3v) is 4.73. The minimum atomic E-state index is -0.450. The quantitative estimate of drug-likeness (QED) is 0.788. The van der Waals surface area contributed by atoms with Crippen molar-refractivity contribution in [2.45, 2.75) is 70.8 Å². The second-order valence-corrected chi connectivity index (χ2v) is 9.05. The number of carbonyl (C=O) groups is 1. The van der Waals surface area contributed by atoms with E-state index in [1.807, 2.05) is 46.4 Å². The van der Waals surface area contributed by atoms with Crippen LogP contribution in [0.2, 0.25) is 0 Å². The fourth-order valence-electron chi connectivity index (χ4n) is 2.28. The molecule has 0 aromatic heterocycles. The van der Waals surface area contributed by atoms with E-state index >= 15 is 0 Å². The Morgan fingerprint density at radius 3 is 2.43 bits per heavy atom. The summed E-state index contributed by atoms with van der Waals surface area (Å²) in [6, 6.07) is 0. The van der Waals surface area contributed by atoms with E-state index in [-0.39, 0.29) is 11.6 Å². The Hall–Kier alpha value is -0.420. The third-order valence-electron chi connectivity index (χ3n) is 3.33. The first kappa shape index (κ1) is 18.6. The number of carbonyl (C=O) groups excluding carboxylic acids is 1. The number of hydrogen-bond acceptors (Lipinski definition) is 4. The van der Waals surface area contributed by atoms with Gasteiger partial charge < -0.3 is 15.0 Å². The molecular formula is C16H32N2O2S. The molecule has 124 valence electrons. The van der Waals surface area contributed by atoms with E-state index in [9.17, 15) is 4.79 Å². The van der Waals surface area contributed by atoms with Crippen molar-refractivity contribution in [2.75, 3.05) is 25.4 Å². The molecule has 5 heteroatoms. The van der Waals surface area contributed by atoms with Crippen LogP contribution in [0.1, 0.15) is 54.4 Å². The zero-order valence-electron chi connectivity index (χ0n) is 14.5. The summed E-state index contributed by atoms with van der Waals surface area (Å²) in [5.41, 5.74) is -0.680. The van der Waals surface area contributed by atoms with Crippen LogP contribution in [-0.4, -0.2) is 52.8 Å². The molecule has 1 aliphatic rings. The molecule has 1 amide bonds. The molecule has 0 bridgehead atoms. The van der Waals surface area contributed by atoms with Gasteiger partial charge in [-0.05, 0) is 60.1 Å². The third kappa shape index (κ3) is 7.41. The van der Waals surface area contributed by atoms with Crippen LogP contribution < -0.4 is 5.32 Å². The minimum Gasteiger partial charge on any atom is -0.444 e. The van der Waals surface area contributed by atoms with Gasteiger partial charge in [-0.2, -0.15) is 11.8 Å². The van der Waals surface area contributed by atoms with Crippen LogP contribution in [0.25, 0.3) is 0 Å². The van der Waals surface area contributed by atoms with Crippen molar-refractivity contribution < 1.29 is 9.53 Å². The molecule has 1 saturated heterocycles. The standard InChI is InChI=1S/C16H32N2O2S/c1-15(2,3)18(14(19)20-16(4,5)6)10-9-17-12-13-8-7-11-21-13/h13,17H,7-12H2,1-6H3. The van der Waals surface area contributed by atoms with E-state index in [2.05, 4.69) is 17.1 Å². The van der Waals surface area contributed by atoms with E-state index in [0.717, 1.165) is 18.3 Å². The number of thioether (sulfide) groups is 1. The highest BCUT2D eigenvalue weighted by molar-refractivity contribution is 8.00. The molecule has 0 saturated carbocycles. The Morgan fingerprint density at radius 2 is 1.95 bits per heavy atom. The van der Waals surface area contributed by atoms with Gasteiger partial charge in [-0.1, -0.05) is 0 Å². The lowest BCUT2D eigenvalue weighted by atomic mass is 10.1. The summed E-state index contributed by atoms with van der Waals surface area (Å²) in [7, 11) is 0. The topological polar surface area (TPSA) is 41.6 Å². The molecule has 0 aromatic rings. The van der Waals surface area contributed by atoms with Crippen LogP contribution in [0.4, 0.5) is 4.79 Å². The van der Waals surface area contributed by atoms with Gasteiger partial charge in [-0.25, -0.2) is 4.79 Å². The molecule has 1 rings (SSSR count). The van der Waals surface area contributed by atoms with Gasteiger partial charge in [0.1, 0.15) is 5.60 Å². The number of nitrogens with one attached hydrogen (secondary N) is 1. The maximum atomic E-state index is 12.3. The summed E-state index contributed by atoms with van der Waals surface area (Å²) in [4.78, 5) is 14.1. The Bertz CT molecular complexity index is 328. The van der Waals surface area contributed by atoms with E-state index in [0.29, 0.717) is 6.54 Å². The van der Waals surface area contributed by atoms with Gasteiger partial charge in [0.2, 0.25) is 0 Å². The van der Waals surface area contributed by atoms with Crippen LogP contribution in [0.15, 0.2) is 0 Å². The largest absolute Gasteiger partial charge is 0.444 e. The van der Waals surface area contributed by atoms with Gasteiger partial charge in [0.25, 0.3) is 0 Å². The van der Waals surface area contributed by atoms with E-state index < -0.39 is 5.60 Å². The number of nitrogens with zero attached hydrogens (tertiary/aromatic N) is 1. The monoisotopic (exact) mass is 316 g/mol. The van der Waals surface area contributed by atoms with Crippen molar-refractivity contribution in [3.05, 3.63) is 0 Å². The van der Waals surface area contributed by atoms with Gasteiger partial charge in [0.05, 0.1) is 0 Å². The van der Waals surface area contributed by atoms with Gasteiger partial charge in [-0.15, -0.1) is 0 Å². The highest BCUT2D eigenvalue weighted by Crippen LogP contribution is 2.25. The van der Waals surface area contributed by atoms with E-state index in [4.69, 9.17) is 4.74 Å². The van der Waals surface area contributed by atoms with Crippen LogP contribution >= 0.6 is 11.8 Å². The number of hydrogen-bond donors (Lipinski definition) is 1. The summed E-state index contributed by atoms with van der Waals surface area (Å²) < 4.78 is 5.51. The van der Waals surface area contributed by atoms with Crippen molar-refractivity contribution in [3.8, 4) is 0 Å². The highest BCUT2D eigenvalue weighted by atomic mass is 32.2. The second-order valence-electron chi connectivity index (χ2n) is 7.64. The van der Waals surface area contributed by atoms with Gasteiger partial charge in [0, 0.05) is 30.4 Å². The lowest BCUT2D eigenvalue weighted by molar-refractivity contribution is 0.00667. The highest BCUT2D eigenvalue weighted by Gasteiger charge is 2.30.